The summed E-state index contributed by atoms with van der Waals surface area (Å²) >= 11 is 0. The van der Waals surface area contributed by atoms with Crippen molar-refractivity contribution in [2.45, 2.75) is 32.2 Å². The molecule has 2 saturated carbocycles. The number of benzene rings is 1. The van der Waals surface area contributed by atoms with Crippen LogP contribution in [0.4, 0.5) is 0 Å². The van der Waals surface area contributed by atoms with Gasteiger partial charge in [0.05, 0.1) is 17.9 Å². The maximum atomic E-state index is 12.7. The molecule has 3 heteroatoms. The van der Waals surface area contributed by atoms with Crippen LogP contribution < -0.4 is 0 Å². The zero-order valence-electron chi connectivity index (χ0n) is 11.7. The van der Waals surface area contributed by atoms with Crippen LogP contribution in [0.15, 0.2) is 30.3 Å². The fourth-order valence-electron chi connectivity index (χ4n) is 4.69. The molecule has 1 saturated heterocycles. The highest BCUT2D eigenvalue weighted by atomic mass is 16.2. The van der Waals surface area contributed by atoms with E-state index in [0.717, 1.165) is 24.8 Å². The molecular weight excluding hydrogens is 250 g/mol. The van der Waals surface area contributed by atoms with E-state index in [0.29, 0.717) is 11.8 Å². The van der Waals surface area contributed by atoms with Crippen LogP contribution in [0, 0.1) is 23.7 Å². The van der Waals surface area contributed by atoms with Gasteiger partial charge < -0.3 is 0 Å². The number of hydrogen-bond donors (Lipinski definition) is 0. The third-order valence-electron chi connectivity index (χ3n) is 5.63. The van der Waals surface area contributed by atoms with Crippen LogP contribution in [0.3, 0.4) is 0 Å². The van der Waals surface area contributed by atoms with E-state index in [1.165, 1.54) is 0 Å². The van der Waals surface area contributed by atoms with Crippen molar-refractivity contribution in [3.8, 4) is 0 Å². The first-order valence-electron chi connectivity index (χ1n) is 7.60. The third-order valence-corrected chi connectivity index (χ3v) is 5.63. The Morgan fingerprint density at radius 1 is 1.00 bits per heavy atom. The zero-order chi connectivity index (χ0) is 13.9. The fourth-order valence-corrected chi connectivity index (χ4v) is 4.69. The Kier molecular flexibility index (Phi) is 2.53. The highest BCUT2D eigenvalue weighted by molar-refractivity contribution is 6.06. The van der Waals surface area contributed by atoms with Gasteiger partial charge in [-0.25, -0.2) is 0 Å². The Labute approximate surface area is 119 Å². The Morgan fingerprint density at radius 2 is 1.55 bits per heavy atom. The summed E-state index contributed by atoms with van der Waals surface area (Å²) < 4.78 is 0. The minimum Gasteiger partial charge on any atom is -0.275 e. The van der Waals surface area contributed by atoms with E-state index in [1.807, 2.05) is 37.3 Å². The molecule has 0 aromatic heterocycles. The number of imide groups is 1. The fraction of sp³-hybridized carbons (Fsp3) is 0.529. The number of hydrogen-bond acceptors (Lipinski definition) is 2. The second-order valence-corrected chi connectivity index (χ2v) is 6.52. The summed E-state index contributed by atoms with van der Waals surface area (Å²) in [6.07, 6.45) is 3.37. The summed E-state index contributed by atoms with van der Waals surface area (Å²) in [4.78, 5) is 27.0. The first kappa shape index (κ1) is 12.1. The average molecular weight is 269 g/mol. The first-order valence-corrected chi connectivity index (χ1v) is 7.60. The summed E-state index contributed by atoms with van der Waals surface area (Å²) in [6.45, 7) is 1.97. The van der Waals surface area contributed by atoms with Gasteiger partial charge in [-0.3, -0.25) is 14.5 Å². The van der Waals surface area contributed by atoms with E-state index >= 15 is 0 Å². The number of rotatable bonds is 2. The van der Waals surface area contributed by atoms with E-state index < -0.39 is 0 Å². The predicted molar refractivity (Wildman–Crippen MR) is 74.5 cm³/mol. The van der Waals surface area contributed by atoms with E-state index in [2.05, 4.69) is 0 Å². The molecule has 0 spiro atoms. The van der Waals surface area contributed by atoms with Gasteiger partial charge in [0.1, 0.15) is 0 Å². The molecule has 2 bridgehead atoms. The lowest BCUT2D eigenvalue weighted by Crippen LogP contribution is -2.35. The number of fused-ring (bicyclic) bond motifs is 5. The summed E-state index contributed by atoms with van der Waals surface area (Å²) in [6, 6.07) is 9.73. The van der Waals surface area contributed by atoms with Gasteiger partial charge in [0.2, 0.25) is 11.8 Å². The molecule has 0 N–H and O–H groups in total. The second kappa shape index (κ2) is 4.18. The predicted octanol–water partition coefficient (Wildman–Crippen LogP) is 2.78. The highest BCUT2D eigenvalue weighted by Crippen LogP contribution is 2.57. The van der Waals surface area contributed by atoms with Crippen LogP contribution in [-0.4, -0.2) is 16.7 Å². The Balaban J connectivity index is 1.67. The van der Waals surface area contributed by atoms with Crippen molar-refractivity contribution < 1.29 is 9.59 Å². The minimum atomic E-state index is -0.138. The molecule has 2 aliphatic carbocycles. The quantitative estimate of drug-likeness (QED) is 0.774. The normalized spacial score (nSPS) is 36.5. The van der Waals surface area contributed by atoms with Gasteiger partial charge in [-0.15, -0.1) is 0 Å². The molecule has 1 heterocycles. The monoisotopic (exact) mass is 269 g/mol. The molecule has 3 nitrogen and oxygen atoms in total. The molecule has 0 unspecified atom stereocenters. The summed E-state index contributed by atoms with van der Waals surface area (Å²) in [7, 11) is 0. The Morgan fingerprint density at radius 3 is 2.10 bits per heavy atom. The average Bonchev–Trinajstić information content (AvgIpc) is 3.14. The molecule has 104 valence electrons. The number of nitrogens with zero attached hydrogens (tertiary/aromatic N) is 1. The molecule has 1 aromatic rings. The third kappa shape index (κ3) is 1.46. The van der Waals surface area contributed by atoms with E-state index in [-0.39, 0.29) is 29.7 Å². The molecular formula is C17H19NO2. The van der Waals surface area contributed by atoms with Crippen LogP contribution in [0.2, 0.25) is 0 Å². The lowest BCUT2D eigenvalue weighted by molar-refractivity contribution is -0.143. The van der Waals surface area contributed by atoms with Gasteiger partial charge >= 0.3 is 0 Å². The molecule has 2 amide bonds. The summed E-state index contributed by atoms with van der Waals surface area (Å²) in [5, 5.41) is 0. The molecule has 4 rings (SSSR count). The Bertz CT molecular complexity index is 540. The molecule has 20 heavy (non-hydrogen) atoms. The zero-order valence-corrected chi connectivity index (χ0v) is 11.7. The second-order valence-electron chi connectivity index (χ2n) is 6.52. The number of amides is 2. The molecule has 1 aromatic carbocycles. The number of likely N-dealkylation sites (tertiary alicyclic amines) is 1. The number of carbonyl (C=O) groups excluding carboxylic acids is 2. The highest BCUT2D eigenvalue weighted by Gasteiger charge is 2.61. The standard InChI is InChI=1S/C17H19NO2/c1-10(11-5-3-2-4-6-11)18-16(19)14-12-7-8-13(9-12)15(14)17(18)20/h2-6,10,12-15H,7-9H2,1H3/t10-,12-,13-,14-,15-/m0/s1. The SMILES string of the molecule is C[C@@H](c1ccccc1)N1C(=O)[C@H]2[C@H]3CC[C@@H](C3)[C@@H]2C1=O. The van der Waals surface area contributed by atoms with Crippen LogP contribution in [0.25, 0.3) is 0 Å². The molecule has 5 atom stereocenters. The van der Waals surface area contributed by atoms with Gasteiger partial charge in [0.25, 0.3) is 0 Å². The van der Waals surface area contributed by atoms with Crippen molar-refractivity contribution in [3.63, 3.8) is 0 Å². The molecule has 1 aliphatic heterocycles. The van der Waals surface area contributed by atoms with Crippen molar-refractivity contribution >= 4 is 11.8 Å². The van der Waals surface area contributed by atoms with Gasteiger partial charge in [-0.2, -0.15) is 0 Å². The lowest BCUT2D eigenvalue weighted by Gasteiger charge is -2.24. The molecule has 3 aliphatic rings. The van der Waals surface area contributed by atoms with Crippen molar-refractivity contribution in [3.05, 3.63) is 35.9 Å². The van der Waals surface area contributed by atoms with E-state index in [4.69, 9.17) is 0 Å². The molecule has 3 fully saturated rings. The van der Waals surface area contributed by atoms with Crippen molar-refractivity contribution in [2.75, 3.05) is 0 Å². The maximum absolute atomic E-state index is 12.7. The Hall–Kier alpha value is -1.64. The summed E-state index contributed by atoms with van der Waals surface area (Å²) in [5.41, 5.74) is 1.04. The van der Waals surface area contributed by atoms with E-state index in [1.54, 1.807) is 4.90 Å². The van der Waals surface area contributed by atoms with Crippen LogP contribution >= 0.6 is 0 Å². The van der Waals surface area contributed by atoms with Gasteiger partial charge in [0.15, 0.2) is 0 Å². The van der Waals surface area contributed by atoms with Gasteiger partial charge in [-0.05, 0) is 43.6 Å². The smallest absolute Gasteiger partial charge is 0.233 e. The number of carbonyl (C=O) groups is 2. The summed E-state index contributed by atoms with van der Waals surface area (Å²) in [5.74, 6) is 1.09. The van der Waals surface area contributed by atoms with Gasteiger partial charge in [0, 0.05) is 0 Å². The van der Waals surface area contributed by atoms with Crippen LogP contribution in [-0.2, 0) is 9.59 Å². The van der Waals surface area contributed by atoms with Crippen molar-refractivity contribution in [1.29, 1.82) is 0 Å². The van der Waals surface area contributed by atoms with Crippen LogP contribution in [0.1, 0.15) is 37.8 Å². The van der Waals surface area contributed by atoms with Gasteiger partial charge in [-0.1, -0.05) is 30.3 Å². The maximum Gasteiger partial charge on any atom is 0.233 e. The van der Waals surface area contributed by atoms with Crippen molar-refractivity contribution in [1.82, 2.24) is 4.90 Å². The minimum absolute atomic E-state index is 0.00703. The molecule has 0 radical (unpaired) electrons. The largest absolute Gasteiger partial charge is 0.275 e. The topological polar surface area (TPSA) is 37.4 Å². The van der Waals surface area contributed by atoms with E-state index in [9.17, 15) is 9.59 Å². The lowest BCUT2D eigenvalue weighted by atomic mass is 9.81. The first-order chi connectivity index (χ1) is 9.68. The van der Waals surface area contributed by atoms with Crippen molar-refractivity contribution in [2.24, 2.45) is 23.7 Å². The van der Waals surface area contributed by atoms with Crippen LogP contribution in [0.5, 0.6) is 0 Å².